The van der Waals surface area contributed by atoms with Crippen molar-refractivity contribution in [2.75, 3.05) is 5.32 Å². The summed E-state index contributed by atoms with van der Waals surface area (Å²) in [5, 5.41) is 13.8. The van der Waals surface area contributed by atoms with Crippen LogP contribution in [-0.2, 0) is 4.79 Å². The maximum absolute atomic E-state index is 11.2. The standard InChI is InChI=1S/C13H17N3O2S/c1-6(11(14)17)10-12(18)16-13(19-10)15-9-5-7-2-3-8(9)4-7/h2-3,6-9,18H,4-5H2,1H3,(H2,14,17)(H,15,16). The number of primary amides is 1. The Morgan fingerprint density at radius 2 is 2.37 bits per heavy atom. The van der Waals surface area contributed by atoms with E-state index >= 15 is 0 Å². The van der Waals surface area contributed by atoms with Crippen LogP contribution >= 0.6 is 11.3 Å². The summed E-state index contributed by atoms with van der Waals surface area (Å²) in [6.45, 7) is 1.68. The average molecular weight is 279 g/mol. The second-order valence-electron chi connectivity index (χ2n) is 5.36. The third-order valence-corrected chi connectivity index (χ3v) is 5.20. The van der Waals surface area contributed by atoms with Gasteiger partial charge in [0.15, 0.2) is 5.13 Å². The highest BCUT2D eigenvalue weighted by atomic mass is 32.1. The van der Waals surface area contributed by atoms with Crippen LogP contribution in [0.3, 0.4) is 0 Å². The van der Waals surface area contributed by atoms with Gasteiger partial charge in [0.05, 0.1) is 10.8 Å². The molecule has 1 fully saturated rings. The molecule has 3 rings (SSSR count). The number of hydrogen-bond acceptors (Lipinski definition) is 5. The molecule has 102 valence electrons. The number of amides is 1. The zero-order valence-electron chi connectivity index (χ0n) is 10.7. The Balaban J connectivity index is 1.74. The summed E-state index contributed by atoms with van der Waals surface area (Å²) in [5.74, 6) is 0.201. The highest BCUT2D eigenvalue weighted by molar-refractivity contribution is 7.16. The Morgan fingerprint density at radius 1 is 1.58 bits per heavy atom. The monoisotopic (exact) mass is 279 g/mol. The van der Waals surface area contributed by atoms with Gasteiger partial charge in [-0.25, -0.2) is 0 Å². The van der Waals surface area contributed by atoms with Crippen molar-refractivity contribution < 1.29 is 9.90 Å². The highest BCUT2D eigenvalue weighted by Gasteiger charge is 2.36. The number of anilines is 1. The van der Waals surface area contributed by atoms with E-state index in [2.05, 4.69) is 22.5 Å². The molecule has 0 saturated heterocycles. The number of carbonyl (C=O) groups excluding carboxylic acids is 1. The van der Waals surface area contributed by atoms with E-state index in [0.29, 0.717) is 27.9 Å². The van der Waals surface area contributed by atoms with E-state index in [1.165, 1.54) is 17.8 Å². The van der Waals surface area contributed by atoms with E-state index in [-0.39, 0.29) is 5.88 Å². The third kappa shape index (κ3) is 2.20. The van der Waals surface area contributed by atoms with Gasteiger partial charge in [-0.3, -0.25) is 4.79 Å². The minimum atomic E-state index is -0.507. The van der Waals surface area contributed by atoms with Crippen molar-refractivity contribution in [3.63, 3.8) is 0 Å². The second kappa shape index (κ2) is 4.52. The van der Waals surface area contributed by atoms with E-state index < -0.39 is 11.8 Å². The molecule has 1 saturated carbocycles. The summed E-state index contributed by atoms with van der Waals surface area (Å²) in [5.41, 5.74) is 5.26. The van der Waals surface area contributed by atoms with Gasteiger partial charge in [-0.2, -0.15) is 4.98 Å². The van der Waals surface area contributed by atoms with Crippen LogP contribution in [0.25, 0.3) is 0 Å². The highest BCUT2D eigenvalue weighted by Crippen LogP contribution is 2.42. The Hall–Kier alpha value is -1.56. The van der Waals surface area contributed by atoms with Crippen LogP contribution in [0, 0.1) is 11.8 Å². The van der Waals surface area contributed by atoms with E-state index in [1.807, 2.05) is 0 Å². The van der Waals surface area contributed by atoms with Gasteiger partial charge in [0.2, 0.25) is 11.8 Å². The van der Waals surface area contributed by atoms with E-state index in [0.717, 1.165) is 6.42 Å². The van der Waals surface area contributed by atoms with Crippen molar-refractivity contribution in [3.8, 4) is 5.88 Å². The molecule has 4 atom stereocenters. The topological polar surface area (TPSA) is 88.2 Å². The molecule has 4 N–H and O–H groups in total. The summed E-state index contributed by atoms with van der Waals surface area (Å²) in [7, 11) is 0. The molecule has 4 unspecified atom stereocenters. The number of rotatable bonds is 4. The summed E-state index contributed by atoms with van der Waals surface area (Å²) in [4.78, 5) is 15.8. The average Bonchev–Trinajstić information content (AvgIpc) is 3.03. The van der Waals surface area contributed by atoms with Crippen molar-refractivity contribution in [2.24, 2.45) is 17.6 Å². The first kappa shape index (κ1) is 12.5. The Kier molecular flexibility index (Phi) is 2.97. The number of nitrogens with one attached hydrogen (secondary N) is 1. The molecule has 0 aromatic carbocycles. The van der Waals surface area contributed by atoms with Crippen LogP contribution < -0.4 is 11.1 Å². The summed E-state index contributed by atoms with van der Waals surface area (Å²) < 4.78 is 0. The van der Waals surface area contributed by atoms with E-state index in [1.54, 1.807) is 6.92 Å². The number of hydrogen-bond donors (Lipinski definition) is 3. The fourth-order valence-corrected chi connectivity index (χ4v) is 3.88. The SMILES string of the molecule is CC(C(N)=O)c1sc(NC2CC3C=CC2C3)nc1O. The molecular weight excluding hydrogens is 262 g/mol. The lowest BCUT2D eigenvalue weighted by Gasteiger charge is -2.18. The van der Waals surface area contributed by atoms with Gasteiger partial charge in [-0.1, -0.05) is 23.5 Å². The largest absolute Gasteiger partial charge is 0.492 e. The molecule has 1 amide bonds. The molecule has 1 aromatic heterocycles. The molecule has 0 aliphatic heterocycles. The molecule has 1 heterocycles. The quantitative estimate of drug-likeness (QED) is 0.733. The normalized spacial score (nSPS) is 29.6. The minimum absolute atomic E-state index is 0.0856. The molecule has 2 bridgehead atoms. The number of allylic oxidation sites excluding steroid dienone is 1. The fourth-order valence-electron chi connectivity index (χ4n) is 2.90. The Morgan fingerprint density at radius 3 is 2.95 bits per heavy atom. The van der Waals surface area contributed by atoms with Gasteiger partial charge in [-0.15, -0.1) is 0 Å². The Labute approximate surface area is 115 Å². The molecule has 6 heteroatoms. The minimum Gasteiger partial charge on any atom is -0.492 e. The van der Waals surface area contributed by atoms with Crippen molar-refractivity contribution in [1.29, 1.82) is 0 Å². The predicted molar refractivity (Wildman–Crippen MR) is 74.2 cm³/mol. The number of thiazole rings is 1. The van der Waals surface area contributed by atoms with E-state index in [4.69, 9.17) is 5.73 Å². The van der Waals surface area contributed by atoms with Gasteiger partial charge >= 0.3 is 0 Å². The molecule has 2 aliphatic rings. The van der Waals surface area contributed by atoms with Crippen LogP contribution in [0.1, 0.15) is 30.6 Å². The number of nitrogens with zero attached hydrogens (tertiary/aromatic N) is 1. The van der Waals surface area contributed by atoms with Gasteiger partial charge in [0.25, 0.3) is 0 Å². The molecule has 19 heavy (non-hydrogen) atoms. The fraction of sp³-hybridized carbons (Fsp3) is 0.538. The van der Waals surface area contributed by atoms with Crippen LogP contribution in [0.4, 0.5) is 5.13 Å². The molecule has 2 aliphatic carbocycles. The Bertz CT molecular complexity index is 540. The number of aromatic nitrogens is 1. The zero-order chi connectivity index (χ0) is 13.6. The number of fused-ring (bicyclic) bond motifs is 2. The lowest BCUT2D eigenvalue weighted by Crippen LogP contribution is -2.23. The third-order valence-electron chi connectivity index (χ3n) is 4.04. The molecule has 0 radical (unpaired) electrons. The van der Waals surface area contributed by atoms with Crippen LogP contribution in [-0.4, -0.2) is 22.0 Å². The van der Waals surface area contributed by atoms with Gasteiger partial charge in [0.1, 0.15) is 0 Å². The maximum atomic E-state index is 11.2. The van der Waals surface area contributed by atoms with Crippen molar-refractivity contribution in [1.82, 2.24) is 4.98 Å². The van der Waals surface area contributed by atoms with Crippen molar-refractivity contribution in [2.45, 2.75) is 31.7 Å². The molecule has 1 aromatic rings. The lowest BCUT2D eigenvalue weighted by atomic mass is 10.0. The first-order valence-electron chi connectivity index (χ1n) is 6.48. The van der Waals surface area contributed by atoms with Crippen molar-refractivity contribution in [3.05, 3.63) is 17.0 Å². The molecular formula is C13H17N3O2S. The van der Waals surface area contributed by atoms with Crippen LogP contribution in [0.2, 0.25) is 0 Å². The van der Waals surface area contributed by atoms with Gasteiger partial charge < -0.3 is 16.2 Å². The molecule has 5 nitrogen and oxygen atoms in total. The van der Waals surface area contributed by atoms with Gasteiger partial charge in [0, 0.05) is 6.04 Å². The molecule has 0 spiro atoms. The predicted octanol–water partition coefficient (Wildman–Crippen LogP) is 1.81. The summed E-state index contributed by atoms with van der Waals surface area (Å²) in [6, 6.07) is 0.386. The smallest absolute Gasteiger partial charge is 0.227 e. The maximum Gasteiger partial charge on any atom is 0.227 e. The zero-order valence-corrected chi connectivity index (χ0v) is 11.5. The van der Waals surface area contributed by atoms with Gasteiger partial charge in [-0.05, 0) is 31.6 Å². The van der Waals surface area contributed by atoms with Crippen LogP contribution in [0.5, 0.6) is 5.88 Å². The number of aromatic hydroxyl groups is 1. The second-order valence-corrected chi connectivity index (χ2v) is 6.39. The summed E-state index contributed by atoms with van der Waals surface area (Å²) in [6.07, 6.45) is 6.86. The summed E-state index contributed by atoms with van der Waals surface area (Å²) >= 11 is 1.31. The number of nitrogens with two attached hydrogens (primary N) is 1. The van der Waals surface area contributed by atoms with Crippen LogP contribution in [0.15, 0.2) is 12.2 Å². The van der Waals surface area contributed by atoms with E-state index in [9.17, 15) is 9.90 Å². The first-order valence-corrected chi connectivity index (χ1v) is 7.30. The first-order chi connectivity index (χ1) is 9.04. The van der Waals surface area contributed by atoms with Crippen molar-refractivity contribution >= 4 is 22.4 Å². The number of carbonyl (C=O) groups is 1. The lowest BCUT2D eigenvalue weighted by molar-refractivity contribution is -0.119.